The predicted octanol–water partition coefficient (Wildman–Crippen LogP) is -1.22. The molecule has 1 fully saturated rings. The van der Waals surface area contributed by atoms with Crippen molar-refractivity contribution in [1.82, 2.24) is 4.90 Å². The van der Waals surface area contributed by atoms with Gasteiger partial charge in [0.2, 0.25) is 5.91 Å². The maximum atomic E-state index is 11.1. The molecule has 0 aromatic carbocycles. The van der Waals surface area contributed by atoms with Crippen molar-refractivity contribution in [2.24, 2.45) is 5.73 Å². The van der Waals surface area contributed by atoms with Gasteiger partial charge in [0.25, 0.3) is 5.91 Å². The standard InChI is InChI=1S/C9H17N3O2/c1-8(13)11-3-5-12(2,6-4-11)7-9(10)14/h3-7H2,1-2H3,(H-,10,14)/p+1. The average Bonchev–Trinajstić information content (AvgIpc) is 2.02. The third kappa shape index (κ3) is 2.70. The van der Waals surface area contributed by atoms with Crippen molar-refractivity contribution in [3.8, 4) is 0 Å². The van der Waals surface area contributed by atoms with E-state index in [1.165, 1.54) is 0 Å². The lowest BCUT2D eigenvalue weighted by molar-refractivity contribution is -0.905. The maximum absolute atomic E-state index is 11.1. The van der Waals surface area contributed by atoms with Gasteiger partial charge in [0.15, 0.2) is 6.54 Å². The molecule has 0 aromatic heterocycles. The van der Waals surface area contributed by atoms with Crippen molar-refractivity contribution < 1.29 is 14.1 Å². The van der Waals surface area contributed by atoms with E-state index in [1.54, 1.807) is 11.8 Å². The van der Waals surface area contributed by atoms with E-state index in [0.29, 0.717) is 11.0 Å². The van der Waals surface area contributed by atoms with Crippen LogP contribution in [0.5, 0.6) is 0 Å². The normalized spacial score (nSPS) is 20.6. The largest absolute Gasteiger partial charge is 0.365 e. The van der Waals surface area contributed by atoms with Crippen molar-refractivity contribution in [2.75, 3.05) is 39.8 Å². The first kappa shape index (κ1) is 11.0. The predicted molar refractivity (Wildman–Crippen MR) is 52.2 cm³/mol. The summed E-state index contributed by atoms with van der Waals surface area (Å²) < 4.78 is 0.652. The number of hydrogen-bond acceptors (Lipinski definition) is 2. The highest BCUT2D eigenvalue weighted by Gasteiger charge is 2.30. The Morgan fingerprint density at radius 1 is 1.36 bits per heavy atom. The molecule has 0 bridgehead atoms. The van der Waals surface area contributed by atoms with Crippen LogP contribution in [0.3, 0.4) is 0 Å². The fraction of sp³-hybridized carbons (Fsp3) is 0.778. The first-order chi connectivity index (χ1) is 6.43. The summed E-state index contributed by atoms with van der Waals surface area (Å²) in [6, 6.07) is 0. The number of nitrogens with zero attached hydrogens (tertiary/aromatic N) is 2. The van der Waals surface area contributed by atoms with Gasteiger partial charge in [0, 0.05) is 6.92 Å². The fourth-order valence-corrected chi connectivity index (χ4v) is 1.80. The summed E-state index contributed by atoms with van der Waals surface area (Å²) in [5.74, 6) is -0.167. The van der Waals surface area contributed by atoms with Gasteiger partial charge < -0.3 is 15.1 Å². The summed E-state index contributed by atoms with van der Waals surface area (Å²) in [6.07, 6.45) is 0. The number of likely N-dealkylation sites (N-methyl/N-ethyl adjacent to an activating group) is 1. The van der Waals surface area contributed by atoms with Crippen LogP contribution in [0.25, 0.3) is 0 Å². The Hall–Kier alpha value is -1.10. The van der Waals surface area contributed by atoms with E-state index in [0.717, 1.165) is 26.2 Å². The molecule has 0 radical (unpaired) electrons. The van der Waals surface area contributed by atoms with Gasteiger partial charge in [-0.15, -0.1) is 0 Å². The van der Waals surface area contributed by atoms with Crippen molar-refractivity contribution in [1.29, 1.82) is 0 Å². The van der Waals surface area contributed by atoms with Crippen LogP contribution < -0.4 is 5.73 Å². The molecule has 80 valence electrons. The number of primary amides is 1. The Morgan fingerprint density at radius 2 is 1.86 bits per heavy atom. The van der Waals surface area contributed by atoms with Crippen molar-refractivity contribution in [2.45, 2.75) is 6.92 Å². The van der Waals surface area contributed by atoms with E-state index in [9.17, 15) is 9.59 Å². The van der Waals surface area contributed by atoms with E-state index >= 15 is 0 Å². The number of hydrogen-bond donors (Lipinski definition) is 1. The number of rotatable bonds is 2. The van der Waals surface area contributed by atoms with E-state index in [1.807, 2.05) is 7.05 Å². The third-order valence-corrected chi connectivity index (χ3v) is 2.80. The molecule has 0 aromatic rings. The highest BCUT2D eigenvalue weighted by atomic mass is 16.2. The molecule has 5 nitrogen and oxygen atoms in total. The van der Waals surface area contributed by atoms with Crippen LogP contribution >= 0.6 is 0 Å². The van der Waals surface area contributed by atoms with Crippen LogP contribution in [0.2, 0.25) is 0 Å². The lowest BCUT2D eigenvalue weighted by Gasteiger charge is -2.40. The average molecular weight is 200 g/mol. The second-order valence-corrected chi connectivity index (χ2v) is 4.20. The third-order valence-electron chi connectivity index (χ3n) is 2.80. The van der Waals surface area contributed by atoms with Crippen molar-refractivity contribution in [3.63, 3.8) is 0 Å². The zero-order chi connectivity index (χ0) is 10.8. The van der Waals surface area contributed by atoms with Crippen LogP contribution in [0.1, 0.15) is 6.92 Å². The molecule has 2 N–H and O–H groups in total. The molecule has 1 aliphatic heterocycles. The highest BCUT2D eigenvalue weighted by Crippen LogP contribution is 2.09. The van der Waals surface area contributed by atoms with Gasteiger partial charge in [-0.3, -0.25) is 9.59 Å². The summed E-state index contributed by atoms with van der Waals surface area (Å²) in [5, 5.41) is 0. The van der Waals surface area contributed by atoms with E-state index in [4.69, 9.17) is 5.73 Å². The van der Waals surface area contributed by atoms with Gasteiger partial charge in [0.05, 0.1) is 33.2 Å². The second-order valence-electron chi connectivity index (χ2n) is 4.20. The molecule has 1 heterocycles. The molecule has 0 unspecified atom stereocenters. The molecule has 1 aliphatic rings. The van der Waals surface area contributed by atoms with Crippen LogP contribution in [0.4, 0.5) is 0 Å². The maximum Gasteiger partial charge on any atom is 0.272 e. The molecule has 1 saturated heterocycles. The SMILES string of the molecule is CC(=O)N1CC[N+](C)(CC(N)=O)CC1. The molecule has 1 rings (SSSR count). The number of carbonyl (C=O) groups is 2. The zero-order valence-electron chi connectivity index (χ0n) is 8.82. The Kier molecular flexibility index (Phi) is 3.10. The smallest absolute Gasteiger partial charge is 0.272 e. The van der Waals surface area contributed by atoms with E-state index in [2.05, 4.69) is 0 Å². The molecular weight excluding hydrogens is 182 g/mol. The topological polar surface area (TPSA) is 63.4 Å². The number of amides is 2. The van der Waals surface area contributed by atoms with Gasteiger partial charge in [0.1, 0.15) is 0 Å². The molecule has 14 heavy (non-hydrogen) atoms. The van der Waals surface area contributed by atoms with Crippen LogP contribution in [-0.4, -0.2) is 61.0 Å². The molecule has 0 atom stereocenters. The molecule has 5 heteroatoms. The quantitative estimate of drug-likeness (QED) is 0.568. The number of nitrogens with two attached hydrogens (primary N) is 1. The van der Waals surface area contributed by atoms with Gasteiger partial charge in [-0.2, -0.15) is 0 Å². The van der Waals surface area contributed by atoms with Gasteiger partial charge in [-0.25, -0.2) is 0 Å². The minimum absolute atomic E-state index is 0.107. The van der Waals surface area contributed by atoms with Gasteiger partial charge in [-0.05, 0) is 0 Å². The molecule has 0 aliphatic carbocycles. The van der Waals surface area contributed by atoms with Crippen LogP contribution in [-0.2, 0) is 9.59 Å². The number of piperazine rings is 1. The van der Waals surface area contributed by atoms with Gasteiger partial charge >= 0.3 is 0 Å². The van der Waals surface area contributed by atoms with Crippen molar-refractivity contribution >= 4 is 11.8 Å². The molecule has 2 amide bonds. The summed E-state index contributed by atoms with van der Waals surface area (Å²) in [7, 11) is 2.00. The molecule has 0 spiro atoms. The lowest BCUT2D eigenvalue weighted by atomic mass is 10.2. The Bertz CT molecular complexity index is 244. The van der Waals surface area contributed by atoms with E-state index in [-0.39, 0.29) is 11.8 Å². The first-order valence-corrected chi connectivity index (χ1v) is 4.80. The van der Waals surface area contributed by atoms with Crippen LogP contribution in [0.15, 0.2) is 0 Å². The summed E-state index contributed by atoms with van der Waals surface area (Å²) in [6.45, 7) is 5.00. The monoisotopic (exact) mass is 200 g/mol. The second kappa shape index (κ2) is 3.96. The number of carbonyl (C=O) groups excluding carboxylic acids is 2. The summed E-state index contributed by atoms with van der Waals surface area (Å²) in [4.78, 5) is 23.7. The Balaban J connectivity index is 2.48. The minimum atomic E-state index is -0.274. The molecular formula is C9H18N3O2+. The zero-order valence-corrected chi connectivity index (χ0v) is 8.82. The Labute approximate surface area is 84.0 Å². The van der Waals surface area contributed by atoms with Crippen LogP contribution in [0, 0.1) is 0 Å². The highest BCUT2D eigenvalue weighted by molar-refractivity contribution is 5.75. The van der Waals surface area contributed by atoms with E-state index < -0.39 is 0 Å². The van der Waals surface area contributed by atoms with Crippen molar-refractivity contribution in [3.05, 3.63) is 0 Å². The number of quaternary nitrogens is 1. The first-order valence-electron chi connectivity index (χ1n) is 4.80. The summed E-state index contributed by atoms with van der Waals surface area (Å²) in [5.41, 5.74) is 5.17. The Morgan fingerprint density at radius 3 is 2.21 bits per heavy atom. The minimum Gasteiger partial charge on any atom is -0.365 e. The summed E-state index contributed by atoms with van der Waals surface area (Å²) >= 11 is 0. The lowest BCUT2D eigenvalue weighted by Crippen LogP contribution is -2.60. The fourth-order valence-electron chi connectivity index (χ4n) is 1.80. The van der Waals surface area contributed by atoms with Gasteiger partial charge in [-0.1, -0.05) is 0 Å². The molecule has 0 saturated carbocycles.